The SMILES string of the molecule is CCc1[nH]cc(C(N)=O)c(=O)c1-c1ccc(F)cc1. The van der Waals surface area contributed by atoms with Crippen LogP contribution in [0.4, 0.5) is 4.39 Å². The molecule has 1 heterocycles. The van der Waals surface area contributed by atoms with Crippen LogP contribution in [0.1, 0.15) is 23.0 Å². The van der Waals surface area contributed by atoms with Crippen molar-refractivity contribution in [3.63, 3.8) is 0 Å². The first-order valence-electron chi connectivity index (χ1n) is 5.85. The number of hydrogen-bond donors (Lipinski definition) is 2. The number of nitrogens with one attached hydrogen (secondary N) is 1. The molecule has 19 heavy (non-hydrogen) atoms. The standard InChI is InChI=1S/C14H13FN2O2/c1-2-11-12(8-3-5-9(15)6-4-8)13(18)10(7-17-11)14(16)19/h3-7H,2H2,1H3,(H2,16,19)(H,17,18). The van der Waals surface area contributed by atoms with Gasteiger partial charge in [0.2, 0.25) is 5.43 Å². The summed E-state index contributed by atoms with van der Waals surface area (Å²) in [7, 11) is 0. The topological polar surface area (TPSA) is 76.0 Å². The number of nitrogens with two attached hydrogens (primary N) is 1. The maximum absolute atomic E-state index is 12.9. The predicted molar refractivity (Wildman–Crippen MR) is 70.4 cm³/mol. The molecule has 1 amide bonds. The van der Waals surface area contributed by atoms with Crippen molar-refractivity contribution in [2.75, 3.05) is 0 Å². The number of pyridine rings is 1. The second-order valence-electron chi connectivity index (χ2n) is 4.11. The zero-order valence-electron chi connectivity index (χ0n) is 10.4. The molecule has 3 N–H and O–H groups in total. The molecule has 4 nitrogen and oxygen atoms in total. The summed E-state index contributed by atoms with van der Waals surface area (Å²) in [6.07, 6.45) is 1.90. The van der Waals surface area contributed by atoms with Gasteiger partial charge in [0.1, 0.15) is 11.4 Å². The van der Waals surface area contributed by atoms with Crippen molar-refractivity contribution in [2.24, 2.45) is 5.73 Å². The number of benzene rings is 1. The largest absolute Gasteiger partial charge is 0.365 e. The van der Waals surface area contributed by atoms with Gasteiger partial charge in [-0.25, -0.2) is 4.39 Å². The molecule has 2 rings (SSSR count). The molecule has 1 aromatic carbocycles. The molecule has 0 aliphatic heterocycles. The summed E-state index contributed by atoms with van der Waals surface area (Å²) in [4.78, 5) is 26.4. The highest BCUT2D eigenvalue weighted by molar-refractivity contribution is 5.93. The third-order valence-electron chi connectivity index (χ3n) is 2.92. The molecule has 0 aliphatic carbocycles. The highest BCUT2D eigenvalue weighted by Gasteiger charge is 2.15. The van der Waals surface area contributed by atoms with E-state index in [1.165, 1.54) is 30.5 Å². The Hall–Kier alpha value is -2.43. The van der Waals surface area contributed by atoms with Gasteiger partial charge in [0.05, 0.1) is 0 Å². The molecule has 0 aliphatic rings. The normalized spacial score (nSPS) is 10.4. The van der Waals surface area contributed by atoms with Crippen LogP contribution in [0.2, 0.25) is 0 Å². The fourth-order valence-electron chi connectivity index (χ4n) is 1.95. The Morgan fingerprint density at radius 2 is 1.95 bits per heavy atom. The minimum absolute atomic E-state index is 0.100. The van der Waals surface area contributed by atoms with Gasteiger partial charge in [-0.1, -0.05) is 19.1 Å². The summed E-state index contributed by atoms with van der Waals surface area (Å²) in [5.74, 6) is -1.17. The van der Waals surface area contributed by atoms with E-state index < -0.39 is 11.3 Å². The van der Waals surface area contributed by atoms with Gasteiger partial charge in [0.15, 0.2) is 0 Å². The fraction of sp³-hybridized carbons (Fsp3) is 0.143. The number of aromatic amines is 1. The average molecular weight is 260 g/mol. The summed E-state index contributed by atoms with van der Waals surface area (Å²) in [5.41, 5.74) is 6.22. The third-order valence-corrected chi connectivity index (χ3v) is 2.92. The maximum Gasteiger partial charge on any atom is 0.254 e. The van der Waals surface area contributed by atoms with Crippen molar-refractivity contribution >= 4 is 5.91 Å². The van der Waals surface area contributed by atoms with Crippen LogP contribution in [0.3, 0.4) is 0 Å². The number of hydrogen-bond acceptors (Lipinski definition) is 2. The van der Waals surface area contributed by atoms with E-state index in [4.69, 9.17) is 5.73 Å². The molecule has 0 bridgehead atoms. The van der Waals surface area contributed by atoms with Gasteiger partial charge in [-0.3, -0.25) is 9.59 Å². The Labute approximate surface area is 109 Å². The van der Waals surface area contributed by atoms with Gasteiger partial charge in [-0.15, -0.1) is 0 Å². The van der Waals surface area contributed by atoms with Crippen molar-refractivity contribution in [3.05, 3.63) is 57.8 Å². The molecule has 1 aromatic heterocycles. The van der Waals surface area contributed by atoms with Crippen LogP contribution in [0.25, 0.3) is 11.1 Å². The maximum atomic E-state index is 12.9. The minimum atomic E-state index is -0.785. The van der Waals surface area contributed by atoms with E-state index in [0.717, 1.165) is 0 Å². The molecule has 0 spiro atoms. The Bertz CT molecular complexity index is 675. The molecule has 2 aromatic rings. The lowest BCUT2D eigenvalue weighted by Crippen LogP contribution is -2.24. The second kappa shape index (κ2) is 5.06. The van der Waals surface area contributed by atoms with Gasteiger partial charge >= 0.3 is 0 Å². The first-order chi connectivity index (χ1) is 9.04. The van der Waals surface area contributed by atoms with E-state index >= 15 is 0 Å². The summed E-state index contributed by atoms with van der Waals surface area (Å²) in [6, 6.07) is 5.55. The van der Waals surface area contributed by atoms with E-state index in [-0.39, 0.29) is 11.4 Å². The van der Waals surface area contributed by atoms with Crippen LogP contribution in [-0.2, 0) is 6.42 Å². The molecule has 0 unspecified atom stereocenters. The monoisotopic (exact) mass is 260 g/mol. The van der Waals surface area contributed by atoms with Crippen molar-refractivity contribution in [2.45, 2.75) is 13.3 Å². The Balaban J connectivity index is 2.73. The Kier molecular flexibility index (Phi) is 3.46. The average Bonchev–Trinajstić information content (AvgIpc) is 2.39. The summed E-state index contributed by atoms with van der Waals surface area (Å²) in [6.45, 7) is 1.88. The lowest BCUT2D eigenvalue weighted by Gasteiger charge is -2.09. The van der Waals surface area contributed by atoms with E-state index in [0.29, 0.717) is 23.2 Å². The number of aromatic nitrogens is 1. The van der Waals surface area contributed by atoms with Gasteiger partial charge in [-0.05, 0) is 24.1 Å². The third kappa shape index (κ3) is 2.40. The number of halogens is 1. The molecule has 0 saturated heterocycles. The Morgan fingerprint density at radius 1 is 1.32 bits per heavy atom. The van der Waals surface area contributed by atoms with Gasteiger partial charge in [0.25, 0.3) is 5.91 Å². The predicted octanol–water partition coefficient (Wildman–Crippen LogP) is 1.84. The molecular weight excluding hydrogens is 247 g/mol. The molecule has 0 radical (unpaired) electrons. The van der Waals surface area contributed by atoms with Crippen LogP contribution < -0.4 is 11.2 Å². The number of carbonyl (C=O) groups is 1. The van der Waals surface area contributed by atoms with Crippen LogP contribution in [-0.4, -0.2) is 10.9 Å². The van der Waals surface area contributed by atoms with Crippen molar-refractivity contribution in [1.29, 1.82) is 0 Å². The minimum Gasteiger partial charge on any atom is -0.365 e. The fourth-order valence-corrected chi connectivity index (χ4v) is 1.95. The molecule has 5 heteroatoms. The highest BCUT2D eigenvalue weighted by atomic mass is 19.1. The first-order valence-corrected chi connectivity index (χ1v) is 5.85. The molecule has 98 valence electrons. The lowest BCUT2D eigenvalue weighted by atomic mass is 10.00. The summed E-state index contributed by atoms with van der Waals surface area (Å²) in [5, 5.41) is 0. The number of carbonyl (C=O) groups excluding carboxylic acids is 1. The number of amides is 1. The summed E-state index contributed by atoms with van der Waals surface area (Å²) >= 11 is 0. The zero-order valence-corrected chi connectivity index (χ0v) is 10.4. The number of rotatable bonds is 3. The molecule has 0 saturated carbocycles. The smallest absolute Gasteiger partial charge is 0.254 e. The molecule has 0 atom stereocenters. The first kappa shape index (κ1) is 13.0. The van der Waals surface area contributed by atoms with Crippen LogP contribution >= 0.6 is 0 Å². The number of H-pyrrole nitrogens is 1. The highest BCUT2D eigenvalue weighted by Crippen LogP contribution is 2.20. The van der Waals surface area contributed by atoms with Gasteiger partial charge < -0.3 is 10.7 Å². The van der Waals surface area contributed by atoms with Gasteiger partial charge in [-0.2, -0.15) is 0 Å². The quantitative estimate of drug-likeness (QED) is 0.883. The van der Waals surface area contributed by atoms with E-state index in [9.17, 15) is 14.0 Å². The lowest BCUT2D eigenvalue weighted by molar-refractivity contribution is 0.0999. The second-order valence-corrected chi connectivity index (χ2v) is 4.11. The van der Waals surface area contributed by atoms with Crippen molar-refractivity contribution in [1.82, 2.24) is 4.98 Å². The number of primary amides is 1. The Morgan fingerprint density at radius 3 is 2.47 bits per heavy atom. The van der Waals surface area contributed by atoms with Crippen molar-refractivity contribution in [3.8, 4) is 11.1 Å². The van der Waals surface area contributed by atoms with Crippen LogP contribution in [0.5, 0.6) is 0 Å². The van der Waals surface area contributed by atoms with E-state index in [1.807, 2.05) is 6.92 Å². The van der Waals surface area contributed by atoms with Gasteiger partial charge in [0, 0.05) is 17.5 Å². The molecular formula is C14H13FN2O2. The van der Waals surface area contributed by atoms with E-state index in [2.05, 4.69) is 4.98 Å². The van der Waals surface area contributed by atoms with E-state index in [1.54, 1.807) is 0 Å². The summed E-state index contributed by atoms with van der Waals surface area (Å²) < 4.78 is 12.9. The van der Waals surface area contributed by atoms with Crippen molar-refractivity contribution < 1.29 is 9.18 Å². The van der Waals surface area contributed by atoms with Crippen LogP contribution in [0.15, 0.2) is 35.3 Å². The zero-order chi connectivity index (χ0) is 14.0. The number of aryl methyl sites for hydroxylation is 1. The molecule has 0 fully saturated rings. The van der Waals surface area contributed by atoms with Crippen LogP contribution in [0, 0.1) is 5.82 Å².